The number of esters is 1. The van der Waals surface area contributed by atoms with Gasteiger partial charge in [-0.05, 0) is 24.6 Å². The molecular formula is C14H21N3O3. The number of carbonyl (C=O) groups is 1. The van der Waals surface area contributed by atoms with Gasteiger partial charge in [0.1, 0.15) is 0 Å². The van der Waals surface area contributed by atoms with E-state index in [0.29, 0.717) is 24.7 Å². The van der Waals surface area contributed by atoms with Crippen LogP contribution in [-0.2, 0) is 16.0 Å². The smallest absolute Gasteiger partial charge is 0.337 e. The Morgan fingerprint density at radius 1 is 1.45 bits per heavy atom. The highest BCUT2D eigenvalue weighted by molar-refractivity contribution is 5.89. The molecule has 20 heavy (non-hydrogen) atoms. The van der Waals surface area contributed by atoms with Crippen molar-refractivity contribution in [1.29, 1.82) is 0 Å². The van der Waals surface area contributed by atoms with Gasteiger partial charge in [0.15, 0.2) is 5.96 Å². The SMILES string of the molecule is COCC(C)NC(N)=NCc1cccc(C(=O)OC)c1. The fourth-order valence-electron chi connectivity index (χ4n) is 1.68. The summed E-state index contributed by atoms with van der Waals surface area (Å²) >= 11 is 0. The van der Waals surface area contributed by atoms with Crippen LogP contribution in [0, 0.1) is 0 Å². The second-order valence-electron chi connectivity index (χ2n) is 4.39. The maximum Gasteiger partial charge on any atom is 0.337 e. The molecule has 0 saturated heterocycles. The number of benzene rings is 1. The summed E-state index contributed by atoms with van der Waals surface area (Å²) in [6.07, 6.45) is 0. The number of hydrogen-bond donors (Lipinski definition) is 2. The van der Waals surface area contributed by atoms with Gasteiger partial charge in [-0.15, -0.1) is 0 Å². The predicted octanol–water partition coefficient (Wildman–Crippen LogP) is 0.912. The highest BCUT2D eigenvalue weighted by Gasteiger charge is 2.05. The molecule has 0 aliphatic heterocycles. The number of nitrogens with two attached hydrogens (primary N) is 1. The van der Waals surface area contributed by atoms with Crippen LogP contribution in [-0.4, -0.2) is 38.8 Å². The van der Waals surface area contributed by atoms with Crippen LogP contribution in [0.1, 0.15) is 22.8 Å². The molecule has 0 heterocycles. The molecule has 6 nitrogen and oxygen atoms in total. The number of ether oxygens (including phenoxy) is 2. The first-order valence-corrected chi connectivity index (χ1v) is 6.29. The number of hydrogen-bond acceptors (Lipinski definition) is 4. The molecule has 0 saturated carbocycles. The lowest BCUT2D eigenvalue weighted by atomic mass is 10.1. The molecule has 0 spiro atoms. The van der Waals surface area contributed by atoms with E-state index in [1.807, 2.05) is 13.0 Å². The van der Waals surface area contributed by atoms with Crippen molar-refractivity contribution in [1.82, 2.24) is 5.32 Å². The van der Waals surface area contributed by atoms with E-state index in [1.54, 1.807) is 25.3 Å². The summed E-state index contributed by atoms with van der Waals surface area (Å²) in [5.74, 6) is -0.0198. The van der Waals surface area contributed by atoms with E-state index >= 15 is 0 Å². The Morgan fingerprint density at radius 2 is 2.20 bits per heavy atom. The molecule has 110 valence electrons. The molecule has 1 unspecified atom stereocenters. The first-order chi connectivity index (χ1) is 9.56. The van der Waals surface area contributed by atoms with E-state index in [0.717, 1.165) is 5.56 Å². The number of methoxy groups -OCH3 is 2. The highest BCUT2D eigenvalue weighted by Crippen LogP contribution is 2.07. The Labute approximate surface area is 119 Å². The zero-order valence-corrected chi connectivity index (χ0v) is 12.1. The minimum absolute atomic E-state index is 0.0881. The van der Waals surface area contributed by atoms with E-state index in [-0.39, 0.29) is 12.0 Å². The molecule has 0 fully saturated rings. The lowest BCUT2D eigenvalue weighted by Crippen LogP contribution is -2.40. The van der Waals surface area contributed by atoms with Crippen molar-refractivity contribution in [2.24, 2.45) is 10.7 Å². The first-order valence-electron chi connectivity index (χ1n) is 6.29. The third-order valence-electron chi connectivity index (χ3n) is 2.59. The van der Waals surface area contributed by atoms with Gasteiger partial charge >= 0.3 is 5.97 Å². The van der Waals surface area contributed by atoms with Crippen LogP contribution in [0.4, 0.5) is 0 Å². The number of nitrogens with zero attached hydrogens (tertiary/aromatic N) is 1. The summed E-state index contributed by atoms with van der Waals surface area (Å²) in [6, 6.07) is 7.18. The van der Waals surface area contributed by atoms with Gasteiger partial charge in [-0.1, -0.05) is 12.1 Å². The molecule has 0 aliphatic rings. The predicted molar refractivity (Wildman–Crippen MR) is 77.6 cm³/mol. The quantitative estimate of drug-likeness (QED) is 0.459. The van der Waals surface area contributed by atoms with Gasteiger partial charge < -0.3 is 20.5 Å². The molecular weight excluding hydrogens is 258 g/mol. The largest absolute Gasteiger partial charge is 0.465 e. The fourth-order valence-corrected chi connectivity index (χ4v) is 1.68. The van der Waals surface area contributed by atoms with E-state index in [1.165, 1.54) is 7.11 Å². The molecule has 6 heteroatoms. The molecule has 1 aromatic rings. The summed E-state index contributed by atoms with van der Waals surface area (Å²) in [4.78, 5) is 15.6. The van der Waals surface area contributed by atoms with Crippen molar-refractivity contribution in [3.05, 3.63) is 35.4 Å². The fraction of sp³-hybridized carbons (Fsp3) is 0.429. The maximum atomic E-state index is 11.4. The van der Waals surface area contributed by atoms with Crippen molar-refractivity contribution in [3.63, 3.8) is 0 Å². The minimum Gasteiger partial charge on any atom is -0.465 e. The van der Waals surface area contributed by atoms with Gasteiger partial charge in [-0.25, -0.2) is 9.79 Å². The molecule has 0 radical (unpaired) electrons. The maximum absolute atomic E-state index is 11.4. The van der Waals surface area contributed by atoms with Gasteiger partial charge in [0.25, 0.3) is 0 Å². The zero-order chi connectivity index (χ0) is 15.0. The topological polar surface area (TPSA) is 85.9 Å². The lowest BCUT2D eigenvalue weighted by Gasteiger charge is -2.13. The Kier molecular flexibility index (Phi) is 6.52. The number of guanidine groups is 1. The number of nitrogens with one attached hydrogen (secondary N) is 1. The average molecular weight is 279 g/mol. The van der Waals surface area contributed by atoms with E-state index in [4.69, 9.17) is 10.5 Å². The summed E-state index contributed by atoms with van der Waals surface area (Å²) in [5.41, 5.74) is 7.15. The summed E-state index contributed by atoms with van der Waals surface area (Å²) in [6.45, 7) is 2.89. The summed E-state index contributed by atoms with van der Waals surface area (Å²) < 4.78 is 9.67. The molecule has 1 rings (SSSR count). The molecule has 0 bridgehead atoms. The van der Waals surface area contributed by atoms with Gasteiger partial charge in [-0.2, -0.15) is 0 Å². The third-order valence-corrected chi connectivity index (χ3v) is 2.59. The number of carbonyl (C=O) groups excluding carboxylic acids is 1. The molecule has 3 N–H and O–H groups in total. The molecule has 1 atom stereocenters. The number of rotatable bonds is 6. The average Bonchev–Trinajstić information content (AvgIpc) is 2.44. The second-order valence-corrected chi connectivity index (χ2v) is 4.39. The number of aliphatic imine (C=N–C) groups is 1. The summed E-state index contributed by atoms with van der Waals surface area (Å²) in [7, 11) is 2.98. The zero-order valence-electron chi connectivity index (χ0n) is 12.1. The van der Waals surface area contributed by atoms with Crippen LogP contribution in [0.2, 0.25) is 0 Å². The minimum atomic E-state index is -0.365. The Morgan fingerprint density at radius 3 is 2.85 bits per heavy atom. The van der Waals surface area contributed by atoms with Crippen LogP contribution in [0.3, 0.4) is 0 Å². The van der Waals surface area contributed by atoms with Crippen LogP contribution >= 0.6 is 0 Å². The van der Waals surface area contributed by atoms with Crippen LogP contribution in [0.15, 0.2) is 29.3 Å². The highest BCUT2D eigenvalue weighted by atomic mass is 16.5. The normalized spacial score (nSPS) is 12.8. The lowest BCUT2D eigenvalue weighted by molar-refractivity contribution is 0.0600. The first kappa shape index (κ1) is 16.0. The molecule has 0 amide bonds. The molecule has 1 aromatic carbocycles. The summed E-state index contributed by atoms with van der Waals surface area (Å²) in [5, 5.41) is 3.01. The molecule has 0 aromatic heterocycles. The third kappa shape index (κ3) is 5.27. The van der Waals surface area contributed by atoms with Crippen molar-refractivity contribution in [2.75, 3.05) is 20.8 Å². The van der Waals surface area contributed by atoms with Crippen LogP contribution < -0.4 is 11.1 Å². The van der Waals surface area contributed by atoms with E-state index in [9.17, 15) is 4.79 Å². The van der Waals surface area contributed by atoms with Crippen molar-refractivity contribution in [2.45, 2.75) is 19.5 Å². The van der Waals surface area contributed by atoms with Gasteiger partial charge in [-0.3, -0.25) is 0 Å². The molecule has 0 aliphatic carbocycles. The Balaban J connectivity index is 2.62. The Hall–Kier alpha value is -2.08. The van der Waals surface area contributed by atoms with Gasteiger partial charge in [0.2, 0.25) is 0 Å². The monoisotopic (exact) mass is 279 g/mol. The van der Waals surface area contributed by atoms with E-state index in [2.05, 4.69) is 15.0 Å². The standard InChI is InChI=1S/C14H21N3O3/c1-10(9-19-2)17-14(15)16-8-11-5-4-6-12(7-11)13(18)20-3/h4-7,10H,8-9H2,1-3H3,(H3,15,16,17). The van der Waals surface area contributed by atoms with Gasteiger partial charge in [0.05, 0.1) is 25.8 Å². The second kappa shape index (κ2) is 8.16. The van der Waals surface area contributed by atoms with Crippen molar-refractivity contribution >= 4 is 11.9 Å². The van der Waals surface area contributed by atoms with Gasteiger partial charge in [0, 0.05) is 13.2 Å². The van der Waals surface area contributed by atoms with Crippen LogP contribution in [0.25, 0.3) is 0 Å². The van der Waals surface area contributed by atoms with E-state index < -0.39 is 0 Å². The Bertz CT molecular complexity index is 474. The van der Waals surface area contributed by atoms with Crippen molar-refractivity contribution < 1.29 is 14.3 Å². The van der Waals surface area contributed by atoms with Crippen LogP contribution in [0.5, 0.6) is 0 Å². The van der Waals surface area contributed by atoms with Crippen molar-refractivity contribution in [3.8, 4) is 0 Å².